The predicted octanol–water partition coefficient (Wildman–Crippen LogP) is 3.57. The van der Waals surface area contributed by atoms with E-state index in [4.69, 9.17) is 21.7 Å². The molecule has 1 unspecified atom stereocenters. The first-order valence-corrected chi connectivity index (χ1v) is 10.3. The molecule has 1 atom stereocenters. The van der Waals surface area contributed by atoms with Crippen LogP contribution in [0.25, 0.3) is 0 Å². The first-order valence-electron chi connectivity index (χ1n) is 9.87. The number of hydrogen-bond donors (Lipinski definition) is 2. The first kappa shape index (κ1) is 19.5. The number of ether oxygens (including phenoxy) is 2. The number of rotatable bonds is 5. The van der Waals surface area contributed by atoms with Crippen molar-refractivity contribution in [1.82, 2.24) is 10.2 Å². The van der Waals surface area contributed by atoms with Crippen LogP contribution >= 0.6 is 12.2 Å². The fourth-order valence-corrected chi connectivity index (χ4v) is 3.75. The summed E-state index contributed by atoms with van der Waals surface area (Å²) in [6, 6.07) is 13.8. The minimum Gasteiger partial charge on any atom is -0.454 e. The Bertz CT molecular complexity index is 901. The van der Waals surface area contributed by atoms with Gasteiger partial charge in [-0.05, 0) is 49.6 Å². The van der Waals surface area contributed by atoms with Crippen molar-refractivity contribution < 1.29 is 14.3 Å². The zero-order valence-corrected chi connectivity index (χ0v) is 17.3. The molecule has 2 aromatic carbocycles. The van der Waals surface area contributed by atoms with E-state index in [0.717, 1.165) is 52.7 Å². The van der Waals surface area contributed by atoms with Crippen molar-refractivity contribution in [2.45, 2.75) is 32.4 Å². The second-order valence-electron chi connectivity index (χ2n) is 7.41. The van der Waals surface area contributed by atoms with E-state index in [9.17, 15) is 4.79 Å². The third kappa shape index (κ3) is 4.79. The highest BCUT2D eigenvalue weighted by Crippen LogP contribution is 2.34. The van der Waals surface area contributed by atoms with E-state index in [0.29, 0.717) is 13.1 Å². The highest BCUT2D eigenvalue weighted by atomic mass is 32.1. The molecule has 0 radical (unpaired) electrons. The lowest BCUT2D eigenvalue weighted by Crippen LogP contribution is -2.45. The van der Waals surface area contributed by atoms with Gasteiger partial charge >= 0.3 is 0 Å². The molecule has 2 heterocycles. The Hall–Kier alpha value is -2.80. The van der Waals surface area contributed by atoms with Crippen LogP contribution in [0.4, 0.5) is 5.69 Å². The van der Waals surface area contributed by atoms with Crippen molar-refractivity contribution in [2.75, 3.05) is 25.2 Å². The number of carbonyl (C=O) groups is 1. The molecule has 1 saturated heterocycles. The maximum Gasteiger partial charge on any atom is 0.253 e. The largest absolute Gasteiger partial charge is 0.454 e. The van der Waals surface area contributed by atoms with Gasteiger partial charge < -0.3 is 25.0 Å². The van der Waals surface area contributed by atoms with Gasteiger partial charge in [0, 0.05) is 43.0 Å². The third-order valence-corrected chi connectivity index (χ3v) is 5.34. The maximum absolute atomic E-state index is 13.0. The minimum absolute atomic E-state index is 0.0766. The summed E-state index contributed by atoms with van der Waals surface area (Å²) in [6.45, 7) is 4.27. The van der Waals surface area contributed by atoms with Gasteiger partial charge in [0.05, 0.1) is 4.99 Å². The highest BCUT2D eigenvalue weighted by molar-refractivity contribution is 7.80. The zero-order valence-electron chi connectivity index (χ0n) is 16.4. The number of piperidine rings is 1. The molecule has 0 aromatic heterocycles. The van der Waals surface area contributed by atoms with Gasteiger partial charge in [-0.1, -0.05) is 24.4 Å². The van der Waals surface area contributed by atoms with Crippen LogP contribution in [0.1, 0.15) is 35.7 Å². The summed E-state index contributed by atoms with van der Waals surface area (Å²) < 4.78 is 10.8. The van der Waals surface area contributed by atoms with E-state index in [1.54, 1.807) is 0 Å². The van der Waals surface area contributed by atoms with Gasteiger partial charge in [-0.15, -0.1) is 0 Å². The molecule has 0 bridgehead atoms. The van der Waals surface area contributed by atoms with Crippen LogP contribution in [-0.2, 0) is 6.54 Å². The summed E-state index contributed by atoms with van der Waals surface area (Å²) in [4.78, 5) is 15.7. The summed E-state index contributed by atoms with van der Waals surface area (Å²) in [6.07, 6.45) is 2.00. The standard InChI is InChI=1S/C22H25N3O3S/c1-15(29)23-12-16-4-6-17(7-5-16)22(26)25-10-2-3-19(13-25)24-18-8-9-20-21(11-18)28-14-27-20/h4-9,11,19,24H,2-3,10,12-14H2,1H3,(H,23,29). The van der Waals surface area contributed by atoms with Crippen LogP contribution in [0.3, 0.4) is 0 Å². The number of nitrogens with one attached hydrogen (secondary N) is 2. The fraction of sp³-hybridized carbons (Fsp3) is 0.364. The third-order valence-electron chi connectivity index (χ3n) is 5.19. The number of fused-ring (bicyclic) bond motifs is 1. The molecule has 2 aromatic rings. The summed E-state index contributed by atoms with van der Waals surface area (Å²) in [5.41, 5.74) is 2.81. The average Bonchev–Trinajstić information content (AvgIpc) is 3.20. The van der Waals surface area contributed by atoms with Gasteiger partial charge in [0.1, 0.15) is 0 Å². The van der Waals surface area contributed by atoms with E-state index in [1.165, 1.54) is 0 Å². The Morgan fingerprint density at radius 2 is 1.97 bits per heavy atom. The molecular formula is C22H25N3O3S. The molecule has 6 nitrogen and oxygen atoms in total. The molecule has 29 heavy (non-hydrogen) atoms. The van der Waals surface area contributed by atoms with Crippen molar-refractivity contribution >= 4 is 28.8 Å². The smallest absolute Gasteiger partial charge is 0.253 e. The summed E-state index contributed by atoms with van der Waals surface area (Å²) in [7, 11) is 0. The van der Waals surface area contributed by atoms with E-state index in [-0.39, 0.29) is 18.7 Å². The summed E-state index contributed by atoms with van der Waals surface area (Å²) in [5.74, 6) is 1.61. The van der Waals surface area contributed by atoms with Gasteiger partial charge in [-0.25, -0.2) is 0 Å². The molecule has 0 aliphatic carbocycles. The van der Waals surface area contributed by atoms with Gasteiger partial charge in [0.25, 0.3) is 5.91 Å². The summed E-state index contributed by atoms with van der Waals surface area (Å²) >= 11 is 5.04. The number of hydrogen-bond acceptors (Lipinski definition) is 5. The molecule has 2 N–H and O–H groups in total. The average molecular weight is 412 g/mol. The Balaban J connectivity index is 1.36. The fourth-order valence-electron chi connectivity index (χ4n) is 3.68. The molecular weight excluding hydrogens is 386 g/mol. The van der Waals surface area contributed by atoms with Crippen LogP contribution in [0.2, 0.25) is 0 Å². The lowest BCUT2D eigenvalue weighted by atomic mass is 10.0. The van der Waals surface area contributed by atoms with Crippen LogP contribution in [0.15, 0.2) is 42.5 Å². The monoisotopic (exact) mass is 411 g/mol. The van der Waals surface area contributed by atoms with Crippen molar-refractivity contribution in [3.8, 4) is 11.5 Å². The number of anilines is 1. The second-order valence-corrected chi connectivity index (χ2v) is 8.02. The van der Waals surface area contributed by atoms with Crippen molar-refractivity contribution in [2.24, 2.45) is 0 Å². The number of benzene rings is 2. The Kier molecular flexibility index (Phi) is 5.85. The van der Waals surface area contributed by atoms with E-state index < -0.39 is 0 Å². The van der Waals surface area contributed by atoms with Crippen LogP contribution in [0.5, 0.6) is 11.5 Å². The van der Waals surface area contributed by atoms with Gasteiger partial charge in [0.15, 0.2) is 11.5 Å². The van der Waals surface area contributed by atoms with Crippen LogP contribution in [0, 0.1) is 0 Å². The molecule has 4 rings (SSSR count). The molecule has 0 spiro atoms. The first-order chi connectivity index (χ1) is 14.1. The molecule has 7 heteroatoms. The minimum atomic E-state index is 0.0766. The van der Waals surface area contributed by atoms with Crippen molar-refractivity contribution in [3.05, 3.63) is 53.6 Å². The Morgan fingerprint density at radius 3 is 2.76 bits per heavy atom. The van der Waals surface area contributed by atoms with Crippen molar-refractivity contribution in [1.29, 1.82) is 0 Å². The van der Waals surface area contributed by atoms with E-state index in [2.05, 4.69) is 10.6 Å². The number of nitrogens with zero attached hydrogens (tertiary/aromatic N) is 1. The predicted molar refractivity (Wildman–Crippen MR) is 117 cm³/mol. The highest BCUT2D eigenvalue weighted by Gasteiger charge is 2.25. The number of thiocarbonyl (C=S) groups is 1. The topological polar surface area (TPSA) is 62.8 Å². The SMILES string of the molecule is CC(=S)NCc1ccc(C(=O)N2CCCC(Nc3ccc4c(c3)OCO4)C2)cc1. The number of likely N-dealkylation sites (tertiary alicyclic amines) is 1. The molecule has 2 aliphatic heterocycles. The maximum atomic E-state index is 13.0. The lowest BCUT2D eigenvalue weighted by molar-refractivity contribution is 0.0715. The Morgan fingerprint density at radius 1 is 1.17 bits per heavy atom. The van der Waals surface area contributed by atoms with Gasteiger partial charge in [-0.2, -0.15) is 0 Å². The normalized spacial score (nSPS) is 17.7. The molecule has 2 aliphatic rings. The lowest BCUT2D eigenvalue weighted by Gasteiger charge is -2.34. The van der Waals surface area contributed by atoms with Gasteiger partial charge in [-0.3, -0.25) is 4.79 Å². The Labute approximate surface area is 176 Å². The summed E-state index contributed by atoms with van der Waals surface area (Å²) in [5, 5.41) is 6.66. The zero-order chi connectivity index (χ0) is 20.2. The van der Waals surface area contributed by atoms with Crippen molar-refractivity contribution in [3.63, 3.8) is 0 Å². The molecule has 152 valence electrons. The van der Waals surface area contributed by atoms with Gasteiger partial charge in [0.2, 0.25) is 6.79 Å². The van der Waals surface area contributed by atoms with Crippen LogP contribution < -0.4 is 20.1 Å². The van der Waals surface area contributed by atoms with Crippen LogP contribution in [-0.4, -0.2) is 41.7 Å². The van der Waals surface area contributed by atoms with E-state index in [1.807, 2.05) is 54.3 Å². The molecule has 1 fully saturated rings. The second kappa shape index (κ2) is 8.69. The molecule has 1 amide bonds. The quantitative estimate of drug-likeness (QED) is 0.734. The molecule has 0 saturated carbocycles. The number of amides is 1. The number of carbonyl (C=O) groups excluding carboxylic acids is 1. The van der Waals surface area contributed by atoms with E-state index >= 15 is 0 Å².